The summed E-state index contributed by atoms with van der Waals surface area (Å²) in [5, 5.41) is 20.9. The maximum absolute atomic E-state index is 12.5. The second-order valence-electron chi connectivity index (χ2n) is 9.86. The number of carboxylic acids is 1. The van der Waals surface area contributed by atoms with Crippen LogP contribution in [0, 0.1) is 0 Å². The van der Waals surface area contributed by atoms with Crippen LogP contribution in [0.4, 0.5) is 24.8 Å². The molecule has 40 heavy (non-hydrogen) atoms. The molecule has 4 heterocycles. The Bertz CT molecular complexity index is 1270. The normalized spacial score (nSPS) is 14.2. The van der Waals surface area contributed by atoms with Gasteiger partial charge in [-0.3, -0.25) is 4.68 Å². The zero-order valence-electron chi connectivity index (χ0n) is 22.5. The highest BCUT2D eigenvalue weighted by Gasteiger charge is 2.27. The van der Waals surface area contributed by atoms with Crippen molar-refractivity contribution in [2.24, 2.45) is 7.05 Å². The molecular formula is C26H35F3N8O3. The monoisotopic (exact) mass is 564 g/mol. The van der Waals surface area contributed by atoms with E-state index in [4.69, 9.17) is 9.72 Å². The lowest BCUT2D eigenvalue weighted by Gasteiger charge is -2.25. The molecule has 3 N–H and O–H groups in total. The van der Waals surface area contributed by atoms with Crippen LogP contribution in [0.1, 0.15) is 36.9 Å². The summed E-state index contributed by atoms with van der Waals surface area (Å²) in [6.45, 7) is 0.694. The molecule has 0 fully saturated rings. The van der Waals surface area contributed by atoms with Crippen LogP contribution in [-0.2, 0) is 29.4 Å². The lowest BCUT2D eigenvalue weighted by molar-refractivity contribution is -0.174. The molecule has 0 aliphatic carbocycles. The molecule has 0 aromatic carbocycles. The Morgan fingerprint density at radius 3 is 2.90 bits per heavy atom. The molecule has 1 atom stereocenters. The number of nitrogens with zero attached hydrogens (tertiary/aromatic N) is 6. The van der Waals surface area contributed by atoms with Crippen molar-refractivity contribution in [2.75, 3.05) is 50.0 Å². The number of aromatic nitrogens is 5. The minimum atomic E-state index is -4.39. The van der Waals surface area contributed by atoms with E-state index in [1.807, 2.05) is 11.0 Å². The van der Waals surface area contributed by atoms with Gasteiger partial charge in [-0.1, -0.05) is 6.07 Å². The molecule has 0 saturated carbocycles. The minimum absolute atomic E-state index is 0.106. The zero-order chi connectivity index (χ0) is 28.5. The van der Waals surface area contributed by atoms with E-state index in [0.717, 1.165) is 50.2 Å². The number of anilines is 2. The number of aryl methyl sites for hydroxylation is 3. The Hall–Kier alpha value is -3.52. The van der Waals surface area contributed by atoms with Crippen molar-refractivity contribution in [1.29, 1.82) is 0 Å². The molecule has 0 unspecified atom stereocenters. The smallest absolute Gasteiger partial charge is 0.411 e. The molecular weight excluding hydrogens is 529 g/mol. The number of fused-ring (bicyclic) bond motifs is 2. The topological polar surface area (TPSA) is 130 Å². The first-order valence-electron chi connectivity index (χ1n) is 13.4. The van der Waals surface area contributed by atoms with Crippen LogP contribution < -0.4 is 10.6 Å². The molecule has 0 radical (unpaired) electrons. The van der Waals surface area contributed by atoms with E-state index < -0.39 is 24.8 Å². The van der Waals surface area contributed by atoms with Gasteiger partial charge >= 0.3 is 12.1 Å². The summed E-state index contributed by atoms with van der Waals surface area (Å²) in [6, 6.07) is 3.19. The van der Waals surface area contributed by atoms with Crippen molar-refractivity contribution in [2.45, 2.75) is 50.7 Å². The Kier molecular flexibility index (Phi) is 10.1. The van der Waals surface area contributed by atoms with E-state index in [1.54, 1.807) is 17.9 Å². The maximum atomic E-state index is 12.5. The maximum Gasteiger partial charge on any atom is 0.411 e. The highest BCUT2D eigenvalue weighted by atomic mass is 19.4. The van der Waals surface area contributed by atoms with Crippen LogP contribution in [0.5, 0.6) is 0 Å². The molecule has 1 aliphatic heterocycles. The van der Waals surface area contributed by atoms with Crippen molar-refractivity contribution >= 4 is 28.6 Å². The van der Waals surface area contributed by atoms with Crippen LogP contribution in [0.3, 0.4) is 0 Å². The van der Waals surface area contributed by atoms with Gasteiger partial charge in [0.25, 0.3) is 0 Å². The number of pyridine rings is 1. The predicted molar refractivity (Wildman–Crippen MR) is 143 cm³/mol. The summed E-state index contributed by atoms with van der Waals surface area (Å²) in [5.74, 6) is 0.250. The molecule has 14 heteroatoms. The zero-order valence-corrected chi connectivity index (χ0v) is 22.5. The number of carbonyl (C=O) groups is 1. The number of carboxylic acid groups (broad SMARTS) is 1. The number of rotatable bonds is 15. The van der Waals surface area contributed by atoms with E-state index in [-0.39, 0.29) is 19.6 Å². The summed E-state index contributed by atoms with van der Waals surface area (Å²) in [5.41, 5.74) is 2.79. The number of alkyl halides is 3. The van der Waals surface area contributed by atoms with Crippen LogP contribution in [-0.4, -0.2) is 92.3 Å². The third kappa shape index (κ3) is 8.49. The quantitative estimate of drug-likeness (QED) is 0.237. The summed E-state index contributed by atoms with van der Waals surface area (Å²) in [7, 11) is 1.73. The van der Waals surface area contributed by atoms with E-state index in [2.05, 4.69) is 31.8 Å². The summed E-state index contributed by atoms with van der Waals surface area (Å²) in [4.78, 5) is 27.0. The third-order valence-corrected chi connectivity index (χ3v) is 6.80. The number of hydrogen-bond donors (Lipinski definition) is 3. The molecule has 0 saturated heterocycles. The van der Waals surface area contributed by atoms with Crippen LogP contribution >= 0.6 is 0 Å². The average molecular weight is 565 g/mol. The highest BCUT2D eigenvalue weighted by molar-refractivity contribution is 5.88. The van der Waals surface area contributed by atoms with E-state index >= 15 is 0 Å². The van der Waals surface area contributed by atoms with Gasteiger partial charge in [0.1, 0.15) is 30.6 Å². The van der Waals surface area contributed by atoms with Crippen LogP contribution in [0.2, 0.25) is 0 Å². The van der Waals surface area contributed by atoms with Gasteiger partial charge in [0, 0.05) is 32.4 Å². The van der Waals surface area contributed by atoms with Gasteiger partial charge in [0.2, 0.25) is 0 Å². The van der Waals surface area contributed by atoms with Crippen molar-refractivity contribution in [3.8, 4) is 0 Å². The second-order valence-corrected chi connectivity index (χ2v) is 9.86. The number of ether oxygens (including phenoxy) is 1. The Morgan fingerprint density at radius 1 is 1.25 bits per heavy atom. The first-order chi connectivity index (χ1) is 19.2. The first-order valence-corrected chi connectivity index (χ1v) is 13.4. The van der Waals surface area contributed by atoms with Crippen molar-refractivity contribution in [3.05, 3.63) is 35.9 Å². The number of halogens is 3. The average Bonchev–Trinajstić information content (AvgIpc) is 3.31. The van der Waals surface area contributed by atoms with Gasteiger partial charge in [-0.05, 0) is 56.7 Å². The molecule has 3 aromatic heterocycles. The molecule has 1 aliphatic rings. The third-order valence-electron chi connectivity index (χ3n) is 6.80. The standard InChI is InChI=1S/C26H35F3N8O3/c1-36-24-20(15-33-36)23(31-17-32-24)35-21(25(38)39)9-12-37(13-14-40-16-26(27,28)29)11-3-2-6-19-8-7-18-5-4-10-30-22(18)34-19/h7-8,15,17,21H,2-6,9-14,16H2,1H3,(H,30,34)(H,38,39)(H,31,32,35)/t21-/m0/s1. The van der Waals surface area contributed by atoms with Crippen LogP contribution in [0.25, 0.3) is 11.0 Å². The number of unbranched alkanes of at least 4 members (excludes halogenated alkanes) is 1. The van der Waals surface area contributed by atoms with E-state index in [1.165, 1.54) is 11.9 Å². The van der Waals surface area contributed by atoms with Gasteiger partial charge in [-0.2, -0.15) is 18.3 Å². The number of nitrogens with one attached hydrogen (secondary N) is 2. The lowest BCUT2D eigenvalue weighted by atomic mass is 10.1. The summed E-state index contributed by atoms with van der Waals surface area (Å²) in [6.07, 6.45) is 3.23. The lowest BCUT2D eigenvalue weighted by Crippen LogP contribution is -2.37. The van der Waals surface area contributed by atoms with Crippen molar-refractivity contribution in [1.82, 2.24) is 29.6 Å². The van der Waals surface area contributed by atoms with Gasteiger partial charge in [0.05, 0.1) is 18.2 Å². The Morgan fingerprint density at radius 2 is 2.10 bits per heavy atom. The largest absolute Gasteiger partial charge is 0.480 e. The SMILES string of the molecule is Cn1ncc2c(N[C@@H](CCN(CCCCc3ccc4c(n3)NCCC4)CCOCC(F)(F)F)C(=O)O)ncnc21. The van der Waals surface area contributed by atoms with Crippen LogP contribution in [0.15, 0.2) is 24.7 Å². The van der Waals surface area contributed by atoms with Gasteiger partial charge < -0.3 is 25.4 Å². The molecule has 4 rings (SSSR count). The Balaban J connectivity index is 1.32. The predicted octanol–water partition coefficient (Wildman–Crippen LogP) is 3.28. The van der Waals surface area contributed by atoms with Gasteiger partial charge in [-0.15, -0.1) is 0 Å². The molecule has 0 spiro atoms. The highest BCUT2D eigenvalue weighted by Crippen LogP contribution is 2.21. The minimum Gasteiger partial charge on any atom is -0.480 e. The number of aliphatic carboxylic acids is 1. The van der Waals surface area contributed by atoms with Crippen molar-refractivity contribution < 1.29 is 27.8 Å². The fraction of sp³-hybridized carbons (Fsp3) is 0.577. The molecule has 218 valence electrons. The second kappa shape index (κ2) is 13.7. The molecule has 3 aromatic rings. The summed E-state index contributed by atoms with van der Waals surface area (Å²) >= 11 is 0. The fourth-order valence-corrected chi connectivity index (χ4v) is 4.68. The molecule has 0 amide bonds. The van der Waals surface area contributed by atoms with E-state index in [9.17, 15) is 23.1 Å². The summed E-state index contributed by atoms with van der Waals surface area (Å²) < 4.78 is 43.9. The van der Waals surface area contributed by atoms with Crippen molar-refractivity contribution in [3.63, 3.8) is 0 Å². The Labute approximate surface area is 230 Å². The number of hydrogen-bond acceptors (Lipinski definition) is 9. The molecule has 0 bridgehead atoms. The van der Waals surface area contributed by atoms with E-state index in [0.29, 0.717) is 29.9 Å². The first kappa shape index (κ1) is 29.5. The fourth-order valence-electron chi connectivity index (χ4n) is 4.68. The molecule has 11 nitrogen and oxygen atoms in total. The van der Waals surface area contributed by atoms with Gasteiger partial charge in [0.15, 0.2) is 5.65 Å². The van der Waals surface area contributed by atoms with Gasteiger partial charge in [-0.25, -0.2) is 19.7 Å².